The standard InChI is InChI=1S/C16H17F4N3O2/c17-12-2-1-11(16(18,19)20)3-10(12)8-23(13(24)7-22-14(21)25)15-4-9(5-15)6-15/h1-3,9H,4-8H2,(H3,21,22,25). The van der Waals surface area contributed by atoms with Crippen molar-refractivity contribution in [2.24, 2.45) is 11.7 Å². The number of halogens is 4. The van der Waals surface area contributed by atoms with Gasteiger partial charge >= 0.3 is 12.2 Å². The van der Waals surface area contributed by atoms with Gasteiger partial charge in [-0.3, -0.25) is 4.79 Å². The molecule has 0 aliphatic heterocycles. The Morgan fingerprint density at radius 2 is 1.92 bits per heavy atom. The molecule has 1 aromatic rings. The van der Waals surface area contributed by atoms with Crippen LogP contribution in [0.4, 0.5) is 22.4 Å². The van der Waals surface area contributed by atoms with E-state index in [0.29, 0.717) is 12.0 Å². The molecule has 0 heterocycles. The van der Waals surface area contributed by atoms with Gasteiger partial charge in [0.1, 0.15) is 5.82 Å². The Bertz CT molecular complexity index is 703. The minimum absolute atomic E-state index is 0.202. The Labute approximate surface area is 141 Å². The number of hydrogen-bond acceptors (Lipinski definition) is 2. The van der Waals surface area contributed by atoms with Gasteiger partial charge in [0.25, 0.3) is 0 Å². The van der Waals surface area contributed by atoms with Gasteiger partial charge < -0.3 is 16.0 Å². The number of rotatable bonds is 5. The molecule has 0 atom stereocenters. The predicted molar refractivity (Wildman–Crippen MR) is 79.6 cm³/mol. The molecule has 3 aliphatic rings. The smallest absolute Gasteiger partial charge is 0.352 e. The average molecular weight is 359 g/mol. The van der Waals surface area contributed by atoms with Crippen molar-refractivity contribution in [3.05, 3.63) is 35.1 Å². The number of carbonyl (C=O) groups is 2. The zero-order valence-corrected chi connectivity index (χ0v) is 13.2. The van der Waals surface area contributed by atoms with Crippen LogP contribution >= 0.6 is 0 Å². The van der Waals surface area contributed by atoms with Crippen molar-refractivity contribution in [2.75, 3.05) is 6.54 Å². The number of nitrogens with two attached hydrogens (primary N) is 1. The third-order valence-electron chi connectivity index (χ3n) is 4.99. The third-order valence-corrected chi connectivity index (χ3v) is 4.99. The largest absolute Gasteiger partial charge is 0.416 e. The van der Waals surface area contributed by atoms with Crippen LogP contribution < -0.4 is 11.1 Å². The molecule has 0 aromatic heterocycles. The third kappa shape index (κ3) is 3.27. The van der Waals surface area contributed by atoms with Crippen LogP contribution in [0.15, 0.2) is 18.2 Å². The molecule has 3 aliphatic carbocycles. The van der Waals surface area contributed by atoms with Gasteiger partial charge in [-0.2, -0.15) is 13.2 Å². The van der Waals surface area contributed by atoms with Crippen LogP contribution in [0.2, 0.25) is 0 Å². The molecule has 0 saturated heterocycles. The second kappa shape index (κ2) is 5.89. The maximum absolute atomic E-state index is 14.0. The molecule has 25 heavy (non-hydrogen) atoms. The van der Waals surface area contributed by atoms with Gasteiger partial charge in [0, 0.05) is 17.6 Å². The summed E-state index contributed by atoms with van der Waals surface area (Å²) in [5, 5.41) is 2.17. The van der Waals surface area contributed by atoms with E-state index in [0.717, 1.165) is 31.4 Å². The first-order chi connectivity index (χ1) is 11.6. The van der Waals surface area contributed by atoms with Crippen molar-refractivity contribution in [1.82, 2.24) is 10.2 Å². The maximum atomic E-state index is 14.0. The lowest BCUT2D eigenvalue weighted by atomic mass is 9.49. The number of alkyl halides is 3. The molecule has 3 N–H and O–H groups in total. The van der Waals surface area contributed by atoms with E-state index in [-0.39, 0.29) is 18.7 Å². The number of urea groups is 1. The van der Waals surface area contributed by atoms with E-state index in [1.54, 1.807) is 0 Å². The first-order valence-electron chi connectivity index (χ1n) is 7.80. The summed E-state index contributed by atoms with van der Waals surface area (Å²) in [7, 11) is 0. The van der Waals surface area contributed by atoms with E-state index in [1.165, 1.54) is 4.90 Å². The summed E-state index contributed by atoms with van der Waals surface area (Å²) < 4.78 is 52.6. The molecule has 136 valence electrons. The predicted octanol–water partition coefficient (Wildman–Crippen LogP) is 2.39. The highest BCUT2D eigenvalue weighted by Gasteiger charge is 2.61. The van der Waals surface area contributed by atoms with Crippen LogP contribution in [0.5, 0.6) is 0 Å². The highest BCUT2D eigenvalue weighted by atomic mass is 19.4. The number of nitrogens with zero attached hydrogens (tertiary/aromatic N) is 1. The Morgan fingerprint density at radius 3 is 2.40 bits per heavy atom. The van der Waals surface area contributed by atoms with E-state index in [9.17, 15) is 27.2 Å². The normalized spacial score (nSPS) is 24.1. The zero-order chi connectivity index (χ0) is 18.4. The SMILES string of the molecule is NC(=O)NCC(=O)N(Cc1cc(C(F)(F)F)ccc1F)C12CC(C1)C2. The van der Waals surface area contributed by atoms with Gasteiger partial charge in [0.2, 0.25) is 5.91 Å². The summed E-state index contributed by atoms with van der Waals surface area (Å²) in [6, 6.07) is 1.27. The molecule has 5 nitrogen and oxygen atoms in total. The molecular formula is C16H17F4N3O2. The number of benzene rings is 1. The Balaban J connectivity index is 1.83. The summed E-state index contributed by atoms with van der Waals surface area (Å²) in [5.41, 5.74) is 3.33. The summed E-state index contributed by atoms with van der Waals surface area (Å²) in [6.45, 7) is -0.649. The number of carbonyl (C=O) groups excluding carboxylic acids is 2. The average Bonchev–Trinajstić information content (AvgIpc) is 2.41. The van der Waals surface area contributed by atoms with Gasteiger partial charge in [-0.15, -0.1) is 0 Å². The van der Waals surface area contributed by atoms with E-state index in [2.05, 4.69) is 5.32 Å². The molecule has 3 amide bonds. The summed E-state index contributed by atoms with van der Waals surface area (Å²) in [5.74, 6) is -0.792. The van der Waals surface area contributed by atoms with E-state index in [1.807, 2.05) is 0 Å². The van der Waals surface area contributed by atoms with Gasteiger partial charge in [0.05, 0.1) is 12.1 Å². The molecule has 3 saturated carbocycles. The summed E-state index contributed by atoms with van der Waals surface area (Å²) in [4.78, 5) is 24.6. The van der Waals surface area contributed by atoms with Gasteiger partial charge in [-0.05, 0) is 43.4 Å². The van der Waals surface area contributed by atoms with Crippen LogP contribution in [-0.4, -0.2) is 28.9 Å². The lowest BCUT2D eigenvalue weighted by Gasteiger charge is -2.66. The molecule has 3 fully saturated rings. The molecule has 4 rings (SSSR count). The van der Waals surface area contributed by atoms with Crippen molar-refractivity contribution in [2.45, 2.75) is 37.5 Å². The minimum Gasteiger partial charge on any atom is -0.352 e. The maximum Gasteiger partial charge on any atom is 0.416 e. The van der Waals surface area contributed by atoms with Crippen LogP contribution in [0.25, 0.3) is 0 Å². The first-order valence-corrected chi connectivity index (χ1v) is 7.80. The molecule has 9 heteroatoms. The van der Waals surface area contributed by atoms with E-state index < -0.39 is 35.0 Å². The van der Waals surface area contributed by atoms with Gasteiger partial charge in [-0.1, -0.05) is 0 Å². The fraction of sp³-hybridized carbons (Fsp3) is 0.500. The molecule has 2 bridgehead atoms. The highest BCUT2D eigenvalue weighted by Crippen LogP contribution is 2.60. The molecular weight excluding hydrogens is 342 g/mol. The van der Waals surface area contributed by atoms with Gasteiger partial charge in [-0.25, -0.2) is 9.18 Å². The van der Waals surface area contributed by atoms with Gasteiger partial charge in [0.15, 0.2) is 0 Å². The van der Waals surface area contributed by atoms with Crippen molar-refractivity contribution in [3.8, 4) is 0 Å². The first kappa shape index (κ1) is 17.5. The molecule has 0 spiro atoms. The summed E-state index contributed by atoms with van der Waals surface area (Å²) in [6.07, 6.45) is -2.36. The second-order valence-electron chi connectivity index (χ2n) is 6.70. The fourth-order valence-corrected chi connectivity index (χ4v) is 3.58. The van der Waals surface area contributed by atoms with Crippen LogP contribution in [0.3, 0.4) is 0 Å². The van der Waals surface area contributed by atoms with Crippen molar-refractivity contribution in [1.29, 1.82) is 0 Å². The van der Waals surface area contributed by atoms with Crippen molar-refractivity contribution in [3.63, 3.8) is 0 Å². The van der Waals surface area contributed by atoms with Crippen molar-refractivity contribution < 1.29 is 27.2 Å². The Kier molecular flexibility index (Phi) is 4.12. The molecule has 0 radical (unpaired) electrons. The number of hydrogen-bond donors (Lipinski definition) is 2. The number of amides is 3. The van der Waals surface area contributed by atoms with E-state index >= 15 is 0 Å². The number of primary amides is 1. The summed E-state index contributed by atoms with van der Waals surface area (Å²) >= 11 is 0. The molecule has 1 aromatic carbocycles. The van der Waals surface area contributed by atoms with Crippen LogP contribution in [0, 0.1) is 11.7 Å². The highest BCUT2D eigenvalue weighted by molar-refractivity contribution is 5.84. The fourth-order valence-electron chi connectivity index (χ4n) is 3.58. The topological polar surface area (TPSA) is 75.4 Å². The van der Waals surface area contributed by atoms with Crippen LogP contribution in [-0.2, 0) is 17.5 Å². The quantitative estimate of drug-likeness (QED) is 0.792. The number of nitrogens with one attached hydrogen (secondary N) is 1. The van der Waals surface area contributed by atoms with Crippen molar-refractivity contribution >= 4 is 11.9 Å². The Hall–Kier alpha value is -2.32. The molecule has 0 unspecified atom stereocenters. The lowest BCUT2D eigenvalue weighted by molar-refractivity contribution is -0.173. The van der Waals surface area contributed by atoms with Crippen LogP contribution in [0.1, 0.15) is 30.4 Å². The second-order valence-corrected chi connectivity index (χ2v) is 6.70. The minimum atomic E-state index is -4.60. The Morgan fingerprint density at radius 1 is 1.28 bits per heavy atom. The van der Waals surface area contributed by atoms with E-state index in [4.69, 9.17) is 5.73 Å². The monoisotopic (exact) mass is 359 g/mol. The lowest BCUT2D eigenvalue weighted by Crippen LogP contribution is -2.70. The zero-order valence-electron chi connectivity index (χ0n) is 13.2.